The second-order valence-electron chi connectivity index (χ2n) is 4.32. The van der Waals surface area contributed by atoms with Crippen LogP contribution in [0, 0.1) is 0 Å². The second kappa shape index (κ2) is 2.70. The molecule has 76 valence electrons. The number of rotatable bonds is 0. The van der Waals surface area contributed by atoms with Gasteiger partial charge >= 0.3 is 6.03 Å². The number of urea groups is 1. The smallest absolute Gasteiger partial charge is 0.329 e. The van der Waals surface area contributed by atoms with Crippen molar-refractivity contribution < 1.29 is 4.79 Å². The third-order valence-electron chi connectivity index (χ3n) is 2.02. The van der Waals surface area contributed by atoms with Crippen molar-refractivity contribution in [2.24, 2.45) is 0 Å². The summed E-state index contributed by atoms with van der Waals surface area (Å²) in [6.07, 6.45) is 0. The Balaban J connectivity index is 2.45. The van der Waals surface area contributed by atoms with Crippen molar-refractivity contribution in [2.75, 3.05) is 5.43 Å². The van der Waals surface area contributed by atoms with Crippen LogP contribution in [0.2, 0.25) is 0 Å². The largest absolute Gasteiger partial charge is 0.334 e. The predicted molar refractivity (Wildman–Crippen MR) is 50.3 cm³/mol. The molecule has 6 nitrogen and oxygen atoms in total. The average Bonchev–Trinajstić information content (AvgIpc) is 2.45. The van der Waals surface area contributed by atoms with E-state index in [4.69, 9.17) is 0 Å². The quantitative estimate of drug-likeness (QED) is 0.627. The summed E-state index contributed by atoms with van der Waals surface area (Å²) in [5.41, 5.74) is 2.53. The number of amides is 2. The van der Waals surface area contributed by atoms with E-state index in [0.29, 0.717) is 6.54 Å². The van der Waals surface area contributed by atoms with Gasteiger partial charge in [0.05, 0.1) is 6.54 Å². The van der Waals surface area contributed by atoms with Gasteiger partial charge in [0.1, 0.15) is 0 Å². The number of nitrogens with zero attached hydrogens (tertiary/aromatic N) is 3. The minimum atomic E-state index is -0.220. The van der Waals surface area contributed by atoms with Crippen molar-refractivity contribution >= 4 is 6.03 Å². The molecular weight excluding hydrogens is 182 g/mol. The second-order valence-corrected chi connectivity index (χ2v) is 4.32. The minimum absolute atomic E-state index is 0.129. The monoisotopic (exact) mass is 195 g/mol. The van der Waals surface area contributed by atoms with Crippen molar-refractivity contribution in [3.63, 3.8) is 0 Å². The molecule has 2 N–H and O–H groups in total. The van der Waals surface area contributed by atoms with Crippen LogP contribution >= 0.6 is 0 Å². The van der Waals surface area contributed by atoms with E-state index in [1.807, 2.05) is 20.8 Å². The number of hydrogen-bond donors (Lipinski definition) is 2. The summed E-state index contributed by atoms with van der Waals surface area (Å²) in [4.78, 5) is 11.1. The first kappa shape index (κ1) is 8.98. The van der Waals surface area contributed by atoms with Gasteiger partial charge in [-0.15, -0.1) is 10.2 Å². The Labute approximate surface area is 81.7 Å². The van der Waals surface area contributed by atoms with Gasteiger partial charge in [-0.2, -0.15) is 0 Å². The topological polar surface area (TPSA) is 71.8 Å². The van der Waals surface area contributed by atoms with E-state index < -0.39 is 0 Å². The fraction of sp³-hybridized carbons (Fsp3) is 0.625. The van der Waals surface area contributed by atoms with Crippen molar-refractivity contribution in [1.29, 1.82) is 0 Å². The minimum Gasteiger partial charge on any atom is -0.329 e. The maximum absolute atomic E-state index is 11.1. The van der Waals surface area contributed by atoms with Crippen LogP contribution < -0.4 is 10.7 Å². The molecule has 2 amide bonds. The van der Waals surface area contributed by atoms with Gasteiger partial charge < -0.3 is 5.32 Å². The first-order chi connectivity index (χ1) is 6.48. The third-order valence-corrected chi connectivity index (χ3v) is 2.02. The standard InChI is InChI=1S/C8H13N5O/c1-8(2,3)6-11-10-5-4-9-7(14)12-13(5)6/h4H2,1-3H3,(H2,9,12,14). The van der Waals surface area contributed by atoms with Gasteiger partial charge in [-0.05, 0) is 0 Å². The zero-order chi connectivity index (χ0) is 10.3. The molecule has 14 heavy (non-hydrogen) atoms. The molecule has 0 fully saturated rings. The van der Waals surface area contributed by atoms with Gasteiger partial charge in [-0.3, -0.25) is 0 Å². The van der Waals surface area contributed by atoms with Gasteiger partial charge in [-0.1, -0.05) is 20.8 Å². The molecule has 0 spiro atoms. The maximum Gasteiger partial charge on any atom is 0.334 e. The average molecular weight is 195 g/mol. The fourth-order valence-corrected chi connectivity index (χ4v) is 1.33. The van der Waals surface area contributed by atoms with E-state index in [1.54, 1.807) is 4.68 Å². The molecule has 1 aliphatic heterocycles. The Hall–Kier alpha value is -1.59. The molecule has 2 heterocycles. The van der Waals surface area contributed by atoms with Crippen LogP contribution in [-0.2, 0) is 12.0 Å². The number of hydrogen-bond acceptors (Lipinski definition) is 3. The van der Waals surface area contributed by atoms with Crippen molar-refractivity contribution in [3.8, 4) is 0 Å². The van der Waals surface area contributed by atoms with E-state index in [9.17, 15) is 4.79 Å². The summed E-state index contributed by atoms with van der Waals surface area (Å²) in [5.74, 6) is 1.50. The van der Waals surface area contributed by atoms with Crippen molar-refractivity contribution in [1.82, 2.24) is 20.2 Å². The zero-order valence-electron chi connectivity index (χ0n) is 8.46. The lowest BCUT2D eigenvalue weighted by Crippen LogP contribution is -2.42. The third kappa shape index (κ3) is 1.32. The molecule has 2 rings (SSSR count). The molecule has 0 radical (unpaired) electrons. The summed E-state index contributed by atoms with van der Waals surface area (Å²) < 4.78 is 1.65. The number of nitrogens with one attached hydrogen (secondary N) is 2. The fourth-order valence-electron chi connectivity index (χ4n) is 1.33. The summed E-state index contributed by atoms with van der Waals surface area (Å²) in [6.45, 7) is 6.50. The normalized spacial score (nSPS) is 15.8. The molecule has 6 heteroatoms. The van der Waals surface area contributed by atoms with E-state index >= 15 is 0 Å². The van der Waals surface area contributed by atoms with Crippen LogP contribution in [0.4, 0.5) is 4.79 Å². The summed E-state index contributed by atoms with van der Waals surface area (Å²) in [7, 11) is 0. The first-order valence-corrected chi connectivity index (χ1v) is 4.48. The Kier molecular flexibility index (Phi) is 1.73. The highest BCUT2D eigenvalue weighted by molar-refractivity contribution is 5.82. The molecule has 1 aromatic heterocycles. The summed E-state index contributed by atoms with van der Waals surface area (Å²) >= 11 is 0. The van der Waals surface area contributed by atoms with Gasteiger partial charge in [0.15, 0.2) is 11.6 Å². The van der Waals surface area contributed by atoms with E-state index in [-0.39, 0.29) is 11.4 Å². The van der Waals surface area contributed by atoms with Crippen molar-refractivity contribution in [3.05, 3.63) is 11.6 Å². The molecule has 1 aliphatic rings. The Bertz CT molecular complexity index is 376. The highest BCUT2D eigenvalue weighted by Gasteiger charge is 2.27. The van der Waals surface area contributed by atoms with Crippen LogP contribution in [0.5, 0.6) is 0 Å². The molecule has 0 saturated carbocycles. The van der Waals surface area contributed by atoms with E-state index in [1.165, 1.54) is 0 Å². The van der Waals surface area contributed by atoms with Crippen LogP contribution in [0.3, 0.4) is 0 Å². The van der Waals surface area contributed by atoms with Crippen molar-refractivity contribution in [2.45, 2.75) is 32.7 Å². The molecule has 0 bridgehead atoms. The Morgan fingerprint density at radius 2 is 2.07 bits per heavy atom. The van der Waals surface area contributed by atoms with E-state index in [0.717, 1.165) is 11.6 Å². The predicted octanol–water partition coefficient (Wildman–Crippen LogP) is 0.342. The maximum atomic E-state index is 11.1. The molecule has 1 aromatic rings. The summed E-state index contributed by atoms with van der Waals surface area (Å²) in [6, 6.07) is -0.220. The highest BCUT2D eigenvalue weighted by atomic mass is 16.2. The van der Waals surface area contributed by atoms with Gasteiger partial charge in [0.25, 0.3) is 0 Å². The number of aromatic nitrogens is 3. The van der Waals surface area contributed by atoms with Gasteiger partial charge in [-0.25, -0.2) is 14.9 Å². The summed E-state index contributed by atoms with van der Waals surface area (Å²) in [5, 5.41) is 10.7. The Morgan fingerprint density at radius 1 is 1.36 bits per heavy atom. The van der Waals surface area contributed by atoms with Crippen LogP contribution in [-0.4, -0.2) is 20.9 Å². The molecular formula is C8H13N5O. The van der Waals surface area contributed by atoms with Gasteiger partial charge in [0, 0.05) is 5.41 Å². The van der Waals surface area contributed by atoms with Crippen LogP contribution in [0.1, 0.15) is 32.4 Å². The SMILES string of the molecule is CC(C)(C)c1nnc2n1NC(=O)NC2. The molecule has 0 unspecified atom stereocenters. The first-order valence-electron chi connectivity index (χ1n) is 4.48. The number of carbonyl (C=O) groups excluding carboxylic acids is 1. The number of fused-ring (bicyclic) bond motifs is 1. The molecule has 0 atom stereocenters. The van der Waals surface area contributed by atoms with E-state index in [2.05, 4.69) is 20.9 Å². The lowest BCUT2D eigenvalue weighted by atomic mass is 9.96. The lowest BCUT2D eigenvalue weighted by Gasteiger charge is -2.22. The number of carbonyl (C=O) groups is 1. The lowest BCUT2D eigenvalue weighted by molar-refractivity contribution is 0.245. The van der Waals surface area contributed by atoms with Crippen LogP contribution in [0.15, 0.2) is 0 Å². The molecule has 0 aliphatic carbocycles. The highest BCUT2D eigenvalue weighted by Crippen LogP contribution is 2.20. The zero-order valence-corrected chi connectivity index (χ0v) is 8.46. The van der Waals surface area contributed by atoms with Gasteiger partial charge in [0.2, 0.25) is 0 Å². The Morgan fingerprint density at radius 3 is 2.71 bits per heavy atom. The molecule has 0 aromatic carbocycles. The van der Waals surface area contributed by atoms with Crippen LogP contribution in [0.25, 0.3) is 0 Å². The molecule has 0 saturated heterocycles.